The summed E-state index contributed by atoms with van der Waals surface area (Å²) >= 11 is 6.78. The van der Waals surface area contributed by atoms with Gasteiger partial charge in [-0.25, -0.2) is 4.39 Å². The fourth-order valence-corrected chi connectivity index (χ4v) is 3.40. The molecule has 1 N–H and O–H groups in total. The van der Waals surface area contributed by atoms with Crippen LogP contribution in [0.3, 0.4) is 0 Å². The molecule has 28 heavy (non-hydrogen) atoms. The second kappa shape index (κ2) is 7.96. The van der Waals surface area contributed by atoms with Gasteiger partial charge in [-0.3, -0.25) is 9.20 Å². The Kier molecular flexibility index (Phi) is 5.80. The molecule has 0 spiro atoms. The average Bonchev–Trinajstić information content (AvgIpc) is 3.03. The Morgan fingerprint density at radius 3 is 2.61 bits per heavy atom. The zero-order valence-electron chi connectivity index (χ0n) is 14.3. The van der Waals surface area contributed by atoms with Gasteiger partial charge in [-0.1, -0.05) is 35.5 Å². The highest BCUT2D eigenvalue weighted by molar-refractivity contribution is 7.99. The van der Waals surface area contributed by atoms with Crippen molar-refractivity contribution in [3.8, 4) is 0 Å². The van der Waals surface area contributed by atoms with Crippen molar-refractivity contribution in [1.29, 1.82) is 0 Å². The Bertz CT molecular complexity index is 1010. The standard InChI is InChI=1S/C17H13ClF4N4OS/c1-9(10-2-4-12(19)5-3-10)23-14(27)8-28-16-25-24-15-13(18)6-11(7-26(15)16)17(20,21)22/h2-7,9H,8H2,1H3,(H,23,27). The fourth-order valence-electron chi connectivity index (χ4n) is 2.44. The minimum absolute atomic E-state index is 0.0669. The molecule has 0 aliphatic heterocycles. The summed E-state index contributed by atoms with van der Waals surface area (Å²) in [7, 11) is 0. The van der Waals surface area contributed by atoms with Gasteiger partial charge in [0, 0.05) is 6.20 Å². The molecule has 1 unspecified atom stereocenters. The van der Waals surface area contributed by atoms with E-state index in [0.717, 1.165) is 28.4 Å². The minimum Gasteiger partial charge on any atom is -0.349 e. The molecule has 0 saturated heterocycles. The Labute approximate surface area is 166 Å². The lowest BCUT2D eigenvalue weighted by molar-refractivity contribution is -0.137. The normalized spacial score (nSPS) is 12.9. The third kappa shape index (κ3) is 4.56. The molecule has 0 radical (unpaired) electrons. The molecule has 0 fully saturated rings. The number of halogens is 5. The molecule has 0 saturated carbocycles. The second-order valence-electron chi connectivity index (χ2n) is 5.88. The van der Waals surface area contributed by atoms with Crippen LogP contribution in [0, 0.1) is 5.82 Å². The molecular formula is C17H13ClF4N4OS. The van der Waals surface area contributed by atoms with Gasteiger partial charge in [-0.15, -0.1) is 10.2 Å². The van der Waals surface area contributed by atoms with Crippen LogP contribution in [0.5, 0.6) is 0 Å². The lowest BCUT2D eigenvalue weighted by atomic mass is 10.1. The first kappa shape index (κ1) is 20.4. The molecule has 11 heteroatoms. The van der Waals surface area contributed by atoms with E-state index < -0.39 is 11.7 Å². The van der Waals surface area contributed by atoms with Crippen molar-refractivity contribution in [3.63, 3.8) is 0 Å². The number of benzene rings is 1. The van der Waals surface area contributed by atoms with Crippen molar-refractivity contribution in [2.24, 2.45) is 0 Å². The third-order valence-electron chi connectivity index (χ3n) is 3.84. The number of nitrogens with zero attached hydrogens (tertiary/aromatic N) is 3. The van der Waals surface area contributed by atoms with E-state index in [1.54, 1.807) is 19.1 Å². The molecule has 3 rings (SSSR count). The number of fused-ring (bicyclic) bond motifs is 1. The highest BCUT2D eigenvalue weighted by Gasteiger charge is 2.32. The molecule has 0 aliphatic rings. The zero-order chi connectivity index (χ0) is 20.5. The number of nitrogens with one attached hydrogen (secondary N) is 1. The monoisotopic (exact) mass is 432 g/mol. The number of alkyl halides is 3. The molecule has 0 aliphatic carbocycles. The fraction of sp³-hybridized carbons (Fsp3) is 0.235. The van der Waals surface area contributed by atoms with Crippen molar-refractivity contribution in [3.05, 3.63) is 58.5 Å². The molecule has 0 bridgehead atoms. The van der Waals surface area contributed by atoms with Crippen LogP contribution in [0.25, 0.3) is 5.65 Å². The summed E-state index contributed by atoms with van der Waals surface area (Å²) in [4.78, 5) is 12.1. The van der Waals surface area contributed by atoms with E-state index >= 15 is 0 Å². The number of rotatable bonds is 5. The summed E-state index contributed by atoms with van der Waals surface area (Å²) in [5.74, 6) is -0.842. The number of amides is 1. The number of thioether (sulfide) groups is 1. The topological polar surface area (TPSA) is 59.3 Å². The lowest BCUT2D eigenvalue weighted by Crippen LogP contribution is -2.28. The molecule has 2 heterocycles. The van der Waals surface area contributed by atoms with Crippen LogP contribution in [0.1, 0.15) is 24.1 Å². The van der Waals surface area contributed by atoms with Crippen LogP contribution in [0.4, 0.5) is 17.6 Å². The molecule has 148 valence electrons. The summed E-state index contributed by atoms with van der Waals surface area (Å²) in [6.07, 6.45) is -3.74. The summed E-state index contributed by atoms with van der Waals surface area (Å²) in [5.41, 5.74) is -0.160. The number of aromatic nitrogens is 3. The second-order valence-corrected chi connectivity index (χ2v) is 7.23. The Balaban J connectivity index is 1.70. The minimum atomic E-state index is -4.58. The molecule has 5 nitrogen and oxygen atoms in total. The Morgan fingerprint density at radius 1 is 1.29 bits per heavy atom. The summed E-state index contributed by atoms with van der Waals surface area (Å²) in [6.45, 7) is 1.73. The molecule has 1 atom stereocenters. The van der Waals surface area contributed by atoms with Crippen molar-refractivity contribution < 1.29 is 22.4 Å². The SMILES string of the molecule is CC(NC(=O)CSc1nnc2c(Cl)cc(C(F)(F)F)cn12)c1ccc(F)cc1. The average molecular weight is 433 g/mol. The molecule has 2 aromatic heterocycles. The third-order valence-corrected chi connectivity index (χ3v) is 5.06. The van der Waals surface area contributed by atoms with Crippen molar-refractivity contribution >= 4 is 34.9 Å². The van der Waals surface area contributed by atoms with Gasteiger partial charge in [-0.05, 0) is 30.7 Å². The van der Waals surface area contributed by atoms with E-state index in [1.807, 2.05) is 0 Å². The number of hydrogen-bond acceptors (Lipinski definition) is 4. The summed E-state index contributed by atoms with van der Waals surface area (Å²) in [6, 6.07) is 6.10. The van der Waals surface area contributed by atoms with Crippen molar-refractivity contribution in [1.82, 2.24) is 19.9 Å². The number of hydrogen-bond donors (Lipinski definition) is 1. The van der Waals surface area contributed by atoms with Gasteiger partial charge in [0.15, 0.2) is 10.8 Å². The highest BCUT2D eigenvalue weighted by atomic mass is 35.5. The predicted molar refractivity (Wildman–Crippen MR) is 96.7 cm³/mol. The van der Waals surface area contributed by atoms with Crippen LogP contribution in [-0.2, 0) is 11.0 Å². The van der Waals surface area contributed by atoms with E-state index in [0.29, 0.717) is 5.56 Å². The first-order chi connectivity index (χ1) is 13.1. The van der Waals surface area contributed by atoms with Gasteiger partial charge in [0.05, 0.1) is 22.4 Å². The maximum Gasteiger partial charge on any atom is 0.417 e. The lowest BCUT2D eigenvalue weighted by Gasteiger charge is -2.14. The molecular weight excluding hydrogens is 420 g/mol. The van der Waals surface area contributed by atoms with Gasteiger partial charge >= 0.3 is 6.18 Å². The summed E-state index contributed by atoms with van der Waals surface area (Å²) in [5, 5.41) is 10.2. The van der Waals surface area contributed by atoms with E-state index in [2.05, 4.69) is 15.5 Å². The summed E-state index contributed by atoms with van der Waals surface area (Å²) < 4.78 is 53.0. The molecule has 3 aromatic rings. The van der Waals surface area contributed by atoms with E-state index in [-0.39, 0.29) is 39.3 Å². The van der Waals surface area contributed by atoms with Gasteiger partial charge < -0.3 is 5.32 Å². The number of pyridine rings is 1. The maximum absolute atomic E-state index is 13.0. The van der Waals surface area contributed by atoms with Crippen molar-refractivity contribution in [2.75, 3.05) is 5.75 Å². The quantitative estimate of drug-likeness (QED) is 0.476. The molecule has 1 aromatic carbocycles. The zero-order valence-corrected chi connectivity index (χ0v) is 15.9. The maximum atomic E-state index is 13.0. The number of carbonyl (C=O) groups is 1. The smallest absolute Gasteiger partial charge is 0.349 e. The van der Waals surface area contributed by atoms with Crippen LogP contribution in [0.15, 0.2) is 41.7 Å². The van der Waals surface area contributed by atoms with Crippen LogP contribution in [0.2, 0.25) is 5.02 Å². The Morgan fingerprint density at radius 2 is 1.96 bits per heavy atom. The first-order valence-corrected chi connectivity index (χ1v) is 9.30. The van der Waals surface area contributed by atoms with Gasteiger partial charge in [0.1, 0.15) is 5.82 Å². The van der Waals surface area contributed by atoms with Crippen LogP contribution >= 0.6 is 23.4 Å². The van der Waals surface area contributed by atoms with Crippen LogP contribution in [-0.4, -0.2) is 26.3 Å². The van der Waals surface area contributed by atoms with E-state index in [1.165, 1.54) is 12.1 Å². The van der Waals surface area contributed by atoms with Gasteiger partial charge in [-0.2, -0.15) is 13.2 Å². The number of carbonyl (C=O) groups excluding carboxylic acids is 1. The van der Waals surface area contributed by atoms with Gasteiger partial charge in [0.25, 0.3) is 0 Å². The van der Waals surface area contributed by atoms with E-state index in [4.69, 9.17) is 11.6 Å². The van der Waals surface area contributed by atoms with Gasteiger partial charge in [0.2, 0.25) is 5.91 Å². The molecule has 1 amide bonds. The van der Waals surface area contributed by atoms with Crippen LogP contribution < -0.4 is 5.32 Å². The Hall–Kier alpha value is -2.33. The first-order valence-electron chi connectivity index (χ1n) is 7.94. The van der Waals surface area contributed by atoms with Crippen molar-refractivity contribution in [2.45, 2.75) is 24.3 Å². The van der Waals surface area contributed by atoms with E-state index in [9.17, 15) is 22.4 Å². The highest BCUT2D eigenvalue weighted by Crippen LogP contribution is 2.33. The largest absolute Gasteiger partial charge is 0.417 e. The predicted octanol–water partition coefficient (Wildman–Crippen LogP) is 4.51.